The number of rotatable bonds is 2. The Kier molecular flexibility index (Phi) is 2.76. The van der Waals surface area contributed by atoms with Crippen molar-refractivity contribution in [2.45, 2.75) is 13.3 Å². The molecule has 0 spiro atoms. The summed E-state index contributed by atoms with van der Waals surface area (Å²) in [5.41, 5.74) is 1.24. The monoisotopic (exact) mass is 220 g/mol. The molecule has 0 radical (unpaired) electrons. The Labute approximate surface area is 92.8 Å². The smallest absolute Gasteiger partial charge is 0.262 e. The molecule has 0 aromatic heterocycles. The molecule has 2 rings (SSSR count). The Balaban J connectivity index is 2.21. The van der Waals surface area contributed by atoms with E-state index in [1.54, 1.807) is 25.1 Å². The Morgan fingerprint density at radius 1 is 1.56 bits per heavy atom. The van der Waals surface area contributed by atoms with Crippen LogP contribution in [0.25, 0.3) is 0 Å². The topological polar surface area (TPSA) is 67.4 Å². The van der Waals surface area contributed by atoms with Crippen molar-refractivity contribution < 1.29 is 14.3 Å². The fourth-order valence-electron chi connectivity index (χ4n) is 1.41. The van der Waals surface area contributed by atoms with Crippen LogP contribution in [0.4, 0.5) is 11.4 Å². The molecular formula is C11H12N2O3. The van der Waals surface area contributed by atoms with Crippen LogP contribution in [0.1, 0.15) is 13.3 Å². The number of carbonyl (C=O) groups excluding carboxylic acids is 2. The molecule has 0 saturated carbocycles. The molecule has 0 unspecified atom stereocenters. The number of fused-ring (bicyclic) bond motifs is 1. The zero-order chi connectivity index (χ0) is 11.5. The minimum Gasteiger partial charge on any atom is -0.482 e. The number of hydrogen-bond acceptors (Lipinski definition) is 3. The van der Waals surface area contributed by atoms with Gasteiger partial charge in [0.2, 0.25) is 5.91 Å². The Bertz CT molecular complexity index is 443. The highest BCUT2D eigenvalue weighted by atomic mass is 16.5. The highest BCUT2D eigenvalue weighted by Crippen LogP contribution is 2.30. The predicted octanol–water partition coefficient (Wildman–Crippen LogP) is 1.37. The van der Waals surface area contributed by atoms with E-state index < -0.39 is 0 Å². The number of benzene rings is 1. The molecule has 1 aromatic carbocycles. The van der Waals surface area contributed by atoms with E-state index >= 15 is 0 Å². The molecule has 0 fully saturated rings. The van der Waals surface area contributed by atoms with Crippen LogP contribution in [-0.4, -0.2) is 18.4 Å². The van der Waals surface area contributed by atoms with Crippen LogP contribution in [0.2, 0.25) is 0 Å². The van der Waals surface area contributed by atoms with Crippen LogP contribution in [0, 0.1) is 0 Å². The highest BCUT2D eigenvalue weighted by Gasteiger charge is 2.16. The van der Waals surface area contributed by atoms with E-state index in [-0.39, 0.29) is 18.4 Å². The van der Waals surface area contributed by atoms with Crippen molar-refractivity contribution in [2.24, 2.45) is 0 Å². The second-order valence-electron chi connectivity index (χ2n) is 3.45. The van der Waals surface area contributed by atoms with Crippen LogP contribution in [0.3, 0.4) is 0 Å². The lowest BCUT2D eigenvalue weighted by Crippen LogP contribution is -2.25. The Morgan fingerprint density at radius 2 is 2.38 bits per heavy atom. The van der Waals surface area contributed by atoms with E-state index in [0.717, 1.165) is 0 Å². The lowest BCUT2D eigenvalue weighted by molar-refractivity contribution is -0.118. The number of hydrogen-bond donors (Lipinski definition) is 2. The van der Waals surface area contributed by atoms with Crippen LogP contribution in [0.5, 0.6) is 5.75 Å². The molecule has 0 atom stereocenters. The van der Waals surface area contributed by atoms with Gasteiger partial charge in [-0.3, -0.25) is 9.59 Å². The second kappa shape index (κ2) is 4.22. The predicted molar refractivity (Wildman–Crippen MR) is 59.5 cm³/mol. The molecule has 0 saturated heterocycles. The van der Waals surface area contributed by atoms with Gasteiger partial charge >= 0.3 is 0 Å². The summed E-state index contributed by atoms with van der Waals surface area (Å²) in [4.78, 5) is 22.3. The van der Waals surface area contributed by atoms with Crippen molar-refractivity contribution in [3.05, 3.63) is 18.2 Å². The lowest BCUT2D eigenvalue weighted by Gasteiger charge is -2.18. The molecule has 16 heavy (non-hydrogen) atoms. The Hall–Kier alpha value is -2.04. The molecule has 1 aliphatic heterocycles. The molecule has 1 heterocycles. The number of nitrogens with one attached hydrogen (secondary N) is 2. The number of carbonyl (C=O) groups is 2. The van der Waals surface area contributed by atoms with E-state index in [9.17, 15) is 9.59 Å². The molecule has 2 amide bonds. The zero-order valence-corrected chi connectivity index (χ0v) is 8.87. The molecule has 5 heteroatoms. The molecule has 5 nitrogen and oxygen atoms in total. The van der Waals surface area contributed by atoms with Gasteiger partial charge in [0.25, 0.3) is 5.91 Å². The van der Waals surface area contributed by atoms with Gasteiger partial charge in [0.05, 0.1) is 5.69 Å². The minimum absolute atomic E-state index is 0.0354. The number of ether oxygens (including phenoxy) is 1. The van der Waals surface area contributed by atoms with Crippen LogP contribution in [0.15, 0.2) is 18.2 Å². The molecular weight excluding hydrogens is 208 g/mol. The molecule has 2 N–H and O–H groups in total. The first-order chi connectivity index (χ1) is 7.69. The first-order valence-electron chi connectivity index (χ1n) is 5.05. The zero-order valence-electron chi connectivity index (χ0n) is 8.87. The van der Waals surface area contributed by atoms with Crippen molar-refractivity contribution in [1.29, 1.82) is 0 Å². The van der Waals surface area contributed by atoms with E-state index in [0.29, 0.717) is 23.5 Å². The van der Waals surface area contributed by atoms with Gasteiger partial charge in [-0.1, -0.05) is 6.92 Å². The third-order valence-electron chi connectivity index (χ3n) is 2.22. The summed E-state index contributed by atoms with van der Waals surface area (Å²) in [7, 11) is 0. The third-order valence-corrected chi connectivity index (χ3v) is 2.22. The normalized spacial score (nSPS) is 13.4. The highest BCUT2D eigenvalue weighted by molar-refractivity contribution is 5.97. The van der Waals surface area contributed by atoms with Gasteiger partial charge in [0.1, 0.15) is 5.75 Å². The fourth-order valence-corrected chi connectivity index (χ4v) is 1.41. The maximum Gasteiger partial charge on any atom is 0.262 e. The number of anilines is 2. The first kappa shape index (κ1) is 10.5. The SMILES string of the molecule is CCC(=O)Nc1ccc2c(c1)NC(=O)CO2. The standard InChI is InChI=1S/C11H12N2O3/c1-2-10(14)12-7-3-4-9-8(5-7)13-11(15)6-16-9/h3-5H,2,6H2,1H3,(H,12,14)(H,13,15). The van der Waals surface area contributed by atoms with Gasteiger partial charge in [0.15, 0.2) is 6.61 Å². The van der Waals surface area contributed by atoms with Crippen molar-refractivity contribution in [3.8, 4) is 5.75 Å². The fraction of sp³-hybridized carbons (Fsp3) is 0.273. The van der Waals surface area contributed by atoms with Gasteiger partial charge in [-0.15, -0.1) is 0 Å². The first-order valence-corrected chi connectivity index (χ1v) is 5.05. The van der Waals surface area contributed by atoms with Crippen LogP contribution in [-0.2, 0) is 9.59 Å². The average molecular weight is 220 g/mol. The van der Waals surface area contributed by atoms with Gasteiger partial charge < -0.3 is 15.4 Å². The lowest BCUT2D eigenvalue weighted by atomic mass is 10.2. The summed E-state index contributed by atoms with van der Waals surface area (Å²) in [5.74, 6) is 0.364. The second-order valence-corrected chi connectivity index (χ2v) is 3.45. The molecule has 1 aliphatic rings. The van der Waals surface area contributed by atoms with Gasteiger partial charge in [-0.2, -0.15) is 0 Å². The summed E-state index contributed by atoms with van der Waals surface area (Å²) >= 11 is 0. The minimum atomic E-state index is -0.188. The van der Waals surface area contributed by atoms with Crippen molar-refractivity contribution >= 4 is 23.2 Å². The van der Waals surface area contributed by atoms with E-state index in [1.807, 2.05) is 0 Å². The van der Waals surface area contributed by atoms with Crippen molar-refractivity contribution in [1.82, 2.24) is 0 Å². The number of amides is 2. The summed E-state index contributed by atoms with van der Waals surface area (Å²) in [6, 6.07) is 5.14. The van der Waals surface area contributed by atoms with Gasteiger partial charge in [0, 0.05) is 12.1 Å². The van der Waals surface area contributed by atoms with E-state index in [4.69, 9.17) is 4.74 Å². The maximum atomic E-state index is 11.2. The van der Waals surface area contributed by atoms with Crippen molar-refractivity contribution in [2.75, 3.05) is 17.2 Å². The van der Waals surface area contributed by atoms with Gasteiger partial charge in [-0.05, 0) is 18.2 Å². The summed E-state index contributed by atoms with van der Waals surface area (Å²) < 4.78 is 5.20. The van der Waals surface area contributed by atoms with Crippen LogP contribution >= 0.6 is 0 Å². The van der Waals surface area contributed by atoms with Gasteiger partial charge in [-0.25, -0.2) is 0 Å². The largest absolute Gasteiger partial charge is 0.482 e. The third kappa shape index (κ3) is 2.13. The van der Waals surface area contributed by atoms with E-state index in [2.05, 4.69) is 10.6 Å². The summed E-state index contributed by atoms with van der Waals surface area (Å²) in [6.07, 6.45) is 0.417. The molecule has 1 aromatic rings. The van der Waals surface area contributed by atoms with Crippen molar-refractivity contribution in [3.63, 3.8) is 0 Å². The Morgan fingerprint density at radius 3 is 3.12 bits per heavy atom. The summed E-state index contributed by atoms with van der Waals surface area (Å²) in [5, 5.41) is 5.39. The van der Waals surface area contributed by atoms with E-state index in [1.165, 1.54) is 0 Å². The molecule has 0 bridgehead atoms. The molecule has 84 valence electrons. The quantitative estimate of drug-likeness (QED) is 0.790. The van der Waals surface area contributed by atoms with Crippen LogP contribution < -0.4 is 15.4 Å². The molecule has 0 aliphatic carbocycles. The average Bonchev–Trinajstić information content (AvgIpc) is 2.28. The summed E-state index contributed by atoms with van der Waals surface area (Å²) in [6.45, 7) is 1.81. The maximum absolute atomic E-state index is 11.2.